The molecular weight excluding hydrogens is 304 g/mol. The molecule has 0 saturated carbocycles. The van der Waals surface area contributed by atoms with E-state index in [1.807, 2.05) is 24.8 Å². The Morgan fingerprint density at radius 3 is 3.14 bits per heavy atom. The van der Waals surface area contributed by atoms with Gasteiger partial charge in [0.1, 0.15) is 18.5 Å². The standard InChI is InChI=1S/C16H21ClN2O3/c1-3-4-12(2)16(20)19-5-6-21-15(10-19)11-22-14-7-13(17)8-18-9-14/h4,7-9,15H,3,5-6,10-11H2,1-2H3/b12-4+. The number of amides is 1. The number of rotatable bonds is 5. The highest BCUT2D eigenvalue weighted by atomic mass is 35.5. The fourth-order valence-corrected chi connectivity index (χ4v) is 2.47. The van der Waals surface area contributed by atoms with Gasteiger partial charge >= 0.3 is 0 Å². The SMILES string of the molecule is CC/C=C(\C)C(=O)N1CCOC(COc2cncc(Cl)c2)C1. The lowest BCUT2D eigenvalue weighted by molar-refractivity contribution is -0.135. The summed E-state index contributed by atoms with van der Waals surface area (Å²) in [7, 11) is 0. The van der Waals surface area contributed by atoms with Crippen LogP contribution in [0.1, 0.15) is 20.3 Å². The van der Waals surface area contributed by atoms with Crippen molar-refractivity contribution in [2.75, 3.05) is 26.3 Å². The van der Waals surface area contributed by atoms with Crippen molar-refractivity contribution in [3.63, 3.8) is 0 Å². The summed E-state index contributed by atoms with van der Waals surface area (Å²) in [6.45, 7) is 5.90. The first kappa shape index (κ1) is 16.8. The summed E-state index contributed by atoms with van der Waals surface area (Å²) in [4.78, 5) is 18.1. The number of morpholine rings is 1. The summed E-state index contributed by atoms with van der Waals surface area (Å²) >= 11 is 5.86. The molecule has 120 valence electrons. The maximum Gasteiger partial charge on any atom is 0.249 e. The van der Waals surface area contributed by atoms with E-state index in [2.05, 4.69) is 4.98 Å². The van der Waals surface area contributed by atoms with E-state index < -0.39 is 0 Å². The van der Waals surface area contributed by atoms with Crippen LogP contribution in [0.2, 0.25) is 5.02 Å². The van der Waals surface area contributed by atoms with Crippen LogP contribution >= 0.6 is 11.6 Å². The van der Waals surface area contributed by atoms with Gasteiger partial charge in [-0.05, 0) is 13.3 Å². The average Bonchev–Trinajstić information content (AvgIpc) is 2.53. The zero-order valence-electron chi connectivity index (χ0n) is 12.9. The van der Waals surface area contributed by atoms with Crippen molar-refractivity contribution in [1.29, 1.82) is 0 Å². The first-order valence-corrected chi connectivity index (χ1v) is 7.79. The fraction of sp³-hybridized carbons (Fsp3) is 0.500. The molecule has 1 aliphatic heterocycles. The summed E-state index contributed by atoms with van der Waals surface area (Å²) < 4.78 is 11.3. The molecule has 0 N–H and O–H groups in total. The minimum absolute atomic E-state index is 0.0690. The van der Waals surface area contributed by atoms with Crippen LogP contribution in [-0.4, -0.2) is 48.2 Å². The minimum atomic E-state index is -0.147. The van der Waals surface area contributed by atoms with Crippen molar-refractivity contribution in [3.05, 3.63) is 35.1 Å². The van der Waals surface area contributed by atoms with E-state index in [0.717, 1.165) is 12.0 Å². The molecule has 1 atom stereocenters. The van der Waals surface area contributed by atoms with E-state index >= 15 is 0 Å². The van der Waals surface area contributed by atoms with Crippen molar-refractivity contribution < 1.29 is 14.3 Å². The average molecular weight is 325 g/mol. The number of ether oxygens (including phenoxy) is 2. The van der Waals surface area contributed by atoms with Gasteiger partial charge in [0.2, 0.25) is 5.91 Å². The third-order valence-corrected chi connectivity index (χ3v) is 3.60. The molecule has 1 amide bonds. The Kier molecular flexibility index (Phi) is 6.21. The topological polar surface area (TPSA) is 51.7 Å². The number of aromatic nitrogens is 1. The second-order valence-electron chi connectivity index (χ2n) is 5.19. The molecular formula is C16H21ClN2O3. The van der Waals surface area contributed by atoms with Crippen molar-refractivity contribution in [3.8, 4) is 5.75 Å². The predicted molar refractivity (Wildman–Crippen MR) is 85.1 cm³/mol. The fourth-order valence-electron chi connectivity index (χ4n) is 2.31. The first-order valence-electron chi connectivity index (χ1n) is 7.41. The Morgan fingerprint density at radius 2 is 2.41 bits per heavy atom. The smallest absolute Gasteiger partial charge is 0.249 e. The van der Waals surface area contributed by atoms with Crippen molar-refractivity contribution in [2.24, 2.45) is 0 Å². The van der Waals surface area contributed by atoms with Crippen LogP contribution in [0.25, 0.3) is 0 Å². The van der Waals surface area contributed by atoms with E-state index in [-0.39, 0.29) is 12.0 Å². The Hall–Kier alpha value is -1.59. The zero-order chi connectivity index (χ0) is 15.9. The molecule has 1 aliphatic rings. The highest BCUT2D eigenvalue weighted by Crippen LogP contribution is 2.16. The molecule has 6 heteroatoms. The molecule has 1 saturated heterocycles. The molecule has 2 rings (SSSR count). The summed E-state index contributed by atoms with van der Waals surface area (Å²) in [5, 5.41) is 0.527. The van der Waals surface area contributed by atoms with Gasteiger partial charge in [-0.15, -0.1) is 0 Å². The van der Waals surface area contributed by atoms with E-state index in [1.165, 1.54) is 0 Å². The minimum Gasteiger partial charge on any atom is -0.489 e. The van der Waals surface area contributed by atoms with Gasteiger partial charge in [-0.2, -0.15) is 0 Å². The van der Waals surface area contributed by atoms with Gasteiger partial charge in [-0.25, -0.2) is 0 Å². The Bertz CT molecular complexity index is 548. The van der Waals surface area contributed by atoms with Crippen molar-refractivity contribution in [2.45, 2.75) is 26.4 Å². The molecule has 22 heavy (non-hydrogen) atoms. The molecule has 0 radical (unpaired) electrons. The summed E-state index contributed by atoms with van der Waals surface area (Å²) in [5.74, 6) is 0.668. The van der Waals surface area contributed by atoms with Crippen LogP contribution in [0.5, 0.6) is 5.75 Å². The molecule has 1 fully saturated rings. The van der Waals surface area contributed by atoms with Gasteiger partial charge < -0.3 is 14.4 Å². The number of carbonyl (C=O) groups excluding carboxylic acids is 1. The lowest BCUT2D eigenvalue weighted by Crippen LogP contribution is -2.47. The number of carbonyl (C=O) groups is 1. The van der Waals surface area contributed by atoms with E-state index in [1.54, 1.807) is 18.5 Å². The predicted octanol–water partition coefficient (Wildman–Crippen LogP) is 2.70. The molecule has 0 aliphatic carbocycles. The van der Waals surface area contributed by atoms with Gasteiger partial charge in [0.15, 0.2) is 0 Å². The van der Waals surface area contributed by atoms with E-state index in [0.29, 0.717) is 37.1 Å². The lowest BCUT2D eigenvalue weighted by atomic mass is 10.2. The van der Waals surface area contributed by atoms with Crippen molar-refractivity contribution in [1.82, 2.24) is 9.88 Å². The Morgan fingerprint density at radius 1 is 1.59 bits per heavy atom. The number of pyridine rings is 1. The van der Waals surface area contributed by atoms with Gasteiger partial charge in [0, 0.05) is 24.4 Å². The van der Waals surface area contributed by atoms with Crippen LogP contribution in [0.15, 0.2) is 30.1 Å². The monoisotopic (exact) mass is 324 g/mol. The highest BCUT2D eigenvalue weighted by Gasteiger charge is 2.25. The Balaban J connectivity index is 1.88. The Labute approximate surface area is 135 Å². The molecule has 0 bridgehead atoms. The maximum absolute atomic E-state index is 12.3. The summed E-state index contributed by atoms with van der Waals surface area (Å²) in [6, 6.07) is 1.70. The zero-order valence-corrected chi connectivity index (χ0v) is 13.7. The number of halogens is 1. The van der Waals surface area contributed by atoms with Gasteiger partial charge in [0.05, 0.1) is 24.4 Å². The van der Waals surface area contributed by atoms with Crippen LogP contribution in [0, 0.1) is 0 Å². The van der Waals surface area contributed by atoms with Crippen LogP contribution in [-0.2, 0) is 9.53 Å². The highest BCUT2D eigenvalue weighted by molar-refractivity contribution is 6.30. The van der Waals surface area contributed by atoms with Crippen LogP contribution < -0.4 is 4.74 Å². The maximum atomic E-state index is 12.3. The van der Waals surface area contributed by atoms with Gasteiger partial charge in [-0.1, -0.05) is 24.6 Å². The lowest BCUT2D eigenvalue weighted by Gasteiger charge is -2.33. The molecule has 5 nitrogen and oxygen atoms in total. The van der Waals surface area contributed by atoms with Crippen molar-refractivity contribution >= 4 is 17.5 Å². The molecule has 0 spiro atoms. The molecule has 1 aromatic rings. The quantitative estimate of drug-likeness (QED) is 0.781. The van der Waals surface area contributed by atoms with Gasteiger partial charge in [-0.3, -0.25) is 9.78 Å². The third kappa shape index (κ3) is 4.71. The van der Waals surface area contributed by atoms with E-state index in [4.69, 9.17) is 21.1 Å². The normalized spacial score (nSPS) is 19.1. The van der Waals surface area contributed by atoms with Crippen LogP contribution in [0.4, 0.5) is 0 Å². The number of nitrogens with zero attached hydrogens (tertiary/aromatic N) is 2. The first-order chi connectivity index (χ1) is 10.6. The molecule has 1 aromatic heterocycles. The van der Waals surface area contributed by atoms with Gasteiger partial charge in [0.25, 0.3) is 0 Å². The summed E-state index contributed by atoms with van der Waals surface area (Å²) in [5.41, 5.74) is 0.781. The molecule has 2 heterocycles. The third-order valence-electron chi connectivity index (χ3n) is 3.39. The number of hydrogen-bond donors (Lipinski definition) is 0. The largest absolute Gasteiger partial charge is 0.489 e. The molecule has 0 aromatic carbocycles. The number of allylic oxidation sites excluding steroid dienone is 1. The second kappa shape index (κ2) is 8.15. The van der Waals surface area contributed by atoms with E-state index in [9.17, 15) is 4.79 Å². The van der Waals surface area contributed by atoms with Crippen LogP contribution in [0.3, 0.4) is 0 Å². The second-order valence-corrected chi connectivity index (χ2v) is 5.63. The molecule has 1 unspecified atom stereocenters. The number of hydrogen-bond acceptors (Lipinski definition) is 4. The summed E-state index contributed by atoms with van der Waals surface area (Å²) in [6.07, 6.45) is 5.81.